The maximum absolute atomic E-state index is 11.5. The lowest BCUT2D eigenvalue weighted by molar-refractivity contribution is 0.0875. The highest BCUT2D eigenvalue weighted by Gasteiger charge is 2.31. The van der Waals surface area contributed by atoms with Crippen LogP contribution in [0.3, 0.4) is 0 Å². The van der Waals surface area contributed by atoms with Crippen LogP contribution in [0.4, 0.5) is 0 Å². The smallest absolute Gasteiger partial charge is 0.165 e. The molecular weight excluding hydrogens is 216 g/mol. The van der Waals surface area contributed by atoms with Crippen molar-refractivity contribution in [3.05, 3.63) is 17.5 Å². The summed E-state index contributed by atoms with van der Waals surface area (Å²) >= 11 is 0. The standard InChI is InChI=1S/C13H20N2O2/c1-9(2)15-7-5-4-6-12(15)13-11(10(3)16)8-14-17-13/h8-9,12H,4-7H2,1-3H3. The topological polar surface area (TPSA) is 46.3 Å². The molecule has 1 saturated heterocycles. The number of carbonyl (C=O) groups excluding carboxylic acids is 1. The summed E-state index contributed by atoms with van der Waals surface area (Å²) in [5, 5.41) is 3.79. The van der Waals surface area contributed by atoms with Crippen LogP contribution >= 0.6 is 0 Å². The minimum Gasteiger partial charge on any atom is -0.359 e. The first kappa shape index (κ1) is 12.3. The molecule has 0 radical (unpaired) electrons. The second kappa shape index (κ2) is 5.00. The molecule has 0 amide bonds. The van der Waals surface area contributed by atoms with Crippen molar-refractivity contribution in [1.29, 1.82) is 0 Å². The van der Waals surface area contributed by atoms with Gasteiger partial charge in [-0.25, -0.2) is 0 Å². The molecule has 94 valence electrons. The Morgan fingerprint density at radius 3 is 2.94 bits per heavy atom. The van der Waals surface area contributed by atoms with Gasteiger partial charge in [-0.05, 0) is 40.2 Å². The number of carbonyl (C=O) groups is 1. The summed E-state index contributed by atoms with van der Waals surface area (Å²) in [6.45, 7) is 7.00. The highest BCUT2D eigenvalue weighted by molar-refractivity contribution is 5.94. The summed E-state index contributed by atoms with van der Waals surface area (Å²) in [6.07, 6.45) is 5.00. The van der Waals surface area contributed by atoms with Crippen molar-refractivity contribution in [2.75, 3.05) is 6.54 Å². The maximum Gasteiger partial charge on any atom is 0.165 e. The van der Waals surface area contributed by atoms with E-state index >= 15 is 0 Å². The van der Waals surface area contributed by atoms with Crippen LogP contribution in [-0.4, -0.2) is 28.4 Å². The van der Waals surface area contributed by atoms with Gasteiger partial charge in [0.2, 0.25) is 0 Å². The van der Waals surface area contributed by atoms with Crippen molar-refractivity contribution in [2.45, 2.75) is 52.1 Å². The average molecular weight is 236 g/mol. The first-order valence-electron chi connectivity index (χ1n) is 6.32. The van der Waals surface area contributed by atoms with E-state index in [1.807, 2.05) is 0 Å². The minimum atomic E-state index is 0.0375. The molecule has 0 bridgehead atoms. The predicted molar refractivity (Wildman–Crippen MR) is 64.9 cm³/mol. The highest BCUT2D eigenvalue weighted by Crippen LogP contribution is 2.34. The zero-order chi connectivity index (χ0) is 12.4. The minimum absolute atomic E-state index is 0.0375. The van der Waals surface area contributed by atoms with E-state index in [9.17, 15) is 4.79 Å². The number of ketones is 1. The third-order valence-electron chi connectivity index (χ3n) is 3.49. The molecule has 0 saturated carbocycles. The number of rotatable bonds is 3. The molecule has 1 fully saturated rings. The molecule has 1 aromatic heterocycles. The molecule has 1 aliphatic rings. The van der Waals surface area contributed by atoms with E-state index < -0.39 is 0 Å². The molecule has 1 aliphatic heterocycles. The van der Waals surface area contributed by atoms with Crippen molar-refractivity contribution in [1.82, 2.24) is 10.1 Å². The van der Waals surface area contributed by atoms with Gasteiger partial charge in [-0.3, -0.25) is 9.69 Å². The van der Waals surface area contributed by atoms with Crippen molar-refractivity contribution < 1.29 is 9.32 Å². The fourth-order valence-electron chi connectivity index (χ4n) is 2.61. The van der Waals surface area contributed by atoms with E-state index in [1.165, 1.54) is 12.8 Å². The average Bonchev–Trinajstić information content (AvgIpc) is 2.77. The van der Waals surface area contributed by atoms with Crippen LogP contribution in [-0.2, 0) is 0 Å². The lowest BCUT2D eigenvalue weighted by atomic mass is 9.95. The Hall–Kier alpha value is -1.16. The monoisotopic (exact) mass is 236 g/mol. The Balaban J connectivity index is 2.29. The summed E-state index contributed by atoms with van der Waals surface area (Å²) in [5.74, 6) is 0.793. The van der Waals surface area contributed by atoms with Gasteiger partial charge < -0.3 is 4.52 Å². The van der Waals surface area contributed by atoms with Gasteiger partial charge in [0.1, 0.15) is 0 Å². The third-order valence-corrected chi connectivity index (χ3v) is 3.49. The summed E-state index contributed by atoms with van der Waals surface area (Å²) in [7, 11) is 0. The molecule has 2 rings (SSSR count). The molecular formula is C13H20N2O2. The molecule has 1 aromatic rings. The second-order valence-electron chi connectivity index (χ2n) is 5.00. The number of nitrogens with zero attached hydrogens (tertiary/aromatic N) is 2. The van der Waals surface area contributed by atoms with Crippen LogP contribution in [0.5, 0.6) is 0 Å². The molecule has 0 N–H and O–H groups in total. The van der Waals surface area contributed by atoms with Gasteiger partial charge in [-0.15, -0.1) is 0 Å². The van der Waals surface area contributed by atoms with E-state index in [-0.39, 0.29) is 11.8 Å². The summed E-state index contributed by atoms with van der Waals surface area (Å²) in [4.78, 5) is 13.9. The molecule has 1 atom stereocenters. The maximum atomic E-state index is 11.5. The second-order valence-corrected chi connectivity index (χ2v) is 5.00. The molecule has 0 spiro atoms. The number of aromatic nitrogens is 1. The van der Waals surface area contributed by atoms with Crippen molar-refractivity contribution in [2.24, 2.45) is 0 Å². The van der Waals surface area contributed by atoms with Gasteiger partial charge in [-0.2, -0.15) is 0 Å². The fraction of sp³-hybridized carbons (Fsp3) is 0.692. The fourth-order valence-corrected chi connectivity index (χ4v) is 2.61. The van der Waals surface area contributed by atoms with Gasteiger partial charge in [0.25, 0.3) is 0 Å². The molecule has 1 unspecified atom stereocenters. The quantitative estimate of drug-likeness (QED) is 0.757. The largest absolute Gasteiger partial charge is 0.359 e. The van der Waals surface area contributed by atoms with Crippen LogP contribution in [0.25, 0.3) is 0 Å². The summed E-state index contributed by atoms with van der Waals surface area (Å²) in [6, 6.07) is 0.676. The predicted octanol–water partition coefficient (Wildman–Crippen LogP) is 2.81. The van der Waals surface area contributed by atoms with Crippen LogP contribution < -0.4 is 0 Å². The molecule has 0 aliphatic carbocycles. The van der Waals surface area contributed by atoms with E-state index in [2.05, 4.69) is 23.9 Å². The normalized spacial score (nSPS) is 22.0. The molecule has 17 heavy (non-hydrogen) atoms. The molecule has 4 heteroatoms. The van der Waals surface area contributed by atoms with Crippen molar-refractivity contribution in [3.8, 4) is 0 Å². The number of hydrogen-bond donors (Lipinski definition) is 0. The van der Waals surface area contributed by atoms with E-state index in [0.29, 0.717) is 11.6 Å². The summed E-state index contributed by atoms with van der Waals surface area (Å²) < 4.78 is 5.33. The van der Waals surface area contributed by atoms with Gasteiger partial charge >= 0.3 is 0 Å². The number of likely N-dealkylation sites (tertiary alicyclic amines) is 1. The van der Waals surface area contributed by atoms with Crippen LogP contribution in [0.2, 0.25) is 0 Å². The highest BCUT2D eigenvalue weighted by atomic mass is 16.5. The van der Waals surface area contributed by atoms with Crippen LogP contribution in [0, 0.1) is 0 Å². The zero-order valence-corrected chi connectivity index (χ0v) is 10.8. The Bertz CT molecular complexity index is 398. The Kier molecular flexibility index (Phi) is 3.62. The number of Topliss-reactive ketones (excluding diaryl/α,β-unsaturated/α-hetero) is 1. The Morgan fingerprint density at radius 1 is 1.53 bits per heavy atom. The lowest BCUT2D eigenvalue weighted by Crippen LogP contribution is -2.38. The van der Waals surface area contributed by atoms with E-state index in [0.717, 1.165) is 18.7 Å². The van der Waals surface area contributed by atoms with E-state index in [4.69, 9.17) is 4.52 Å². The van der Waals surface area contributed by atoms with Gasteiger partial charge in [0, 0.05) is 6.04 Å². The third kappa shape index (κ3) is 2.41. The Morgan fingerprint density at radius 2 is 2.29 bits per heavy atom. The van der Waals surface area contributed by atoms with Crippen LogP contribution in [0.15, 0.2) is 10.7 Å². The number of piperidine rings is 1. The first-order chi connectivity index (χ1) is 8.11. The lowest BCUT2D eigenvalue weighted by Gasteiger charge is -2.37. The van der Waals surface area contributed by atoms with Crippen molar-refractivity contribution >= 4 is 5.78 Å². The van der Waals surface area contributed by atoms with E-state index in [1.54, 1.807) is 13.1 Å². The van der Waals surface area contributed by atoms with Crippen molar-refractivity contribution in [3.63, 3.8) is 0 Å². The zero-order valence-electron chi connectivity index (χ0n) is 10.8. The molecule has 0 aromatic carbocycles. The number of hydrogen-bond acceptors (Lipinski definition) is 4. The van der Waals surface area contributed by atoms with Crippen LogP contribution in [0.1, 0.15) is 62.2 Å². The first-order valence-corrected chi connectivity index (χ1v) is 6.32. The summed E-state index contributed by atoms with van der Waals surface area (Å²) in [5.41, 5.74) is 0.641. The molecule has 4 nitrogen and oxygen atoms in total. The SMILES string of the molecule is CC(=O)c1cnoc1C1CCCCN1C(C)C. The Labute approximate surface area is 102 Å². The van der Waals surface area contributed by atoms with Gasteiger partial charge in [0.15, 0.2) is 11.5 Å². The van der Waals surface area contributed by atoms with Gasteiger partial charge in [-0.1, -0.05) is 11.6 Å². The van der Waals surface area contributed by atoms with Gasteiger partial charge in [0.05, 0.1) is 17.8 Å². The molecule has 2 heterocycles.